The summed E-state index contributed by atoms with van der Waals surface area (Å²) in [5.41, 5.74) is 7.25. The number of nitrogens with zero attached hydrogens (tertiary/aromatic N) is 3. The standard InChI is InChI=1S/C27H24N4O/c1-2-31-26-16-6-5-15-25(26)29-27(31)30-28-18-20-9-7-13-23(17-20)32-19-22-12-8-11-21-10-3-4-14-24(21)22/h3-18H,2,19H2,1H3,(H,29,30)/b28-18-. The highest BCUT2D eigenvalue weighted by atomic mass is 16.5. The lowest BCUT2D eigenvalue weighted by Crippen LogP contribution is -2.02. The van der Waals surface area contributed by atoms with Crippen LogP contribution < -0.4 is 10.2 Å². The van der Waals surface area contributed by atoms with Gasteiger partial charge in [-0.05, 0) is 53.1 Å². The molecule has 0 radical (unpaired) electrons. The van der Waals surface area contributed by atoms with Gasteiger partial charge in [0.15, 0.2) is 0 Å². The smallest absolute Gasteiger partial charge is 0.224 e. The van der Waals surface area contributed by atoms with Gasteiger partial charge in [-0.3, -0.25) is 0 Å². The van der Waals surface area contributed by atoms with E-state index >= 15 is 0 Å². The van der Waals surface area contributed by atoms with Crippen LogP contribution in [-0.4, -0.2) is 15.8 Å². The van der Waals surface area contributed by atoms with Gasteiger partial charge in [0.2, 0.25) is 5.95 Å². The molecule has 1 N–H and O–H groups in total. The van der Waals surface area contributed by atoms with E-state index in [-0.39, 0.29) is 0 Å². The normalized spacial score (nSPS) is 11.4. The number of anilines is 1. The maximum atomic E-state index is 6.08. The Bertz CT molecular complexity index is 1400. The van der Waals surface area contributed by atoms with Gasteiger partial charge in [-0.1, -0.05) is 66.7 Å². The van der Waals surface area contributed by atoms with Gasteiger partial charge in [-0.25, -0.2) is 10.4 Å². The van der Waals surface area contributed by atoms with Gasteiger partial charge >= 0.3 is 0 Å². The Hall–Kier alpha value is -4.12. The van der Waals surface area contributed by atoms with E-state index < -0.39 is 0 Å². The Morgan fingerprint density at radius 2 is 1.75 bits per heavy atom. The van der Waals surface area contributed by atoms with E-state index in [9.17, 15) is 0 Å². The summed E-state index contributed by atoms with van der Waals surface area (Å²) >= 11 is 0. The summed E-state index contributed by atoms with van der Waals surface area (Å²) < 4.78 is 8.19. The number of imidazole rings is 1. The highest BCUT2D eigenvalue weighted by Gasteiger charge is 2.07. The number of rotatable bonds is 7. The van der Waals surface area contributed by atoms with E-state index in [1.165, 1.54) is 16.3 Å². The third-order valence-electron chi connectivity index (χ3n) is 5.48. The average Bonchev–Trinajstić information content (AvgIpc) is 3.20. The Morgan fingerprint density at radius 3 is 2.69 bits per heavy atom. The number of ether oxygens (including phenoxy) is 1. The molecular formula is C27H24N4O. The van der Waals surface area contributed by atoms with Gasteiger partial charge < -0.3 is 9.30 Å². The number of aromatic nitrogens is 2. The first-order chi connectivity index (χ1) is 15.8. The predicted molar refractivity (Wildman–Crippen MR) is 131 cm³/mol. The zero-order chi connectivity index (χ0) is 21.8. The van der Waals surface area contributed by atoms with Crippen LogP contribution in [0.25, 0.3) is 21.8 Å². The molecule has 0 unspecified atom stereocenters. The molecule has 4 aromatic carbocycles. The van der Waals surface area contributed by atoms with Crippen molar-refractivity contribution in [2.75, 3.05) is 5.43 Å². The van der Waals surface area contributed by atoms with Crippen LogP contribution in [0.1, 0.15) is 18.1 Å². The first-order valence-electron chi connectivity index (χ1n) is 10.8. The summed E-state index contributed by atoms with van der Waals surface area (Å²) in [6, 6.07) is 30.7. The molecular weight excluding hydrogens is 396 g/mol. The fraction of sp³-hybridized carbons (Fsp3) is 0.111. The fourth-order valence-corrected chi connectivity index (χ4v) is 3.91. The molecule has 0 fully saturated rings. The van der Waals surface area contributed by atoms with Crippen molar-refractivity contribution in [2.24, 2.45) is 5.10 Å². The molecule has 0 bridgehead atoms. The summed E-state index contributed by atoms with van der Waals surface area (Å²) in [7, 11) is 0. The van der Waals surface area contributed by atoms with Gasteiger partial charge in [0.05, 0.1) is 17.2 Å². The highest BCUT2D eigenvalue weighted by Crippen LogP contribution is 2.22. The molecule has 0 aliphatic heterocycles. The van der Waals surface area contributed by atoms with Gasteiger partial charge in [0, 0.05) is 6.54 Å². The SMILES string of the molecule is CCn1c(N/N=C\c2cccc(OCc3cccc4ccccc34)c2)nc2ccccc21. The van der Waals surface area contributed by atoms with E-state index in [2.05, 4.69) is 75.5 Å². The van der Waals surface area contributed by atoms with Crippen molar-refractivity contribution >= 4 is 34.0 Å². The number of hydrazone groups is 1. The van der Waals surface area contributed by atoms with Gasteiger partial charge in [0.25, 0.3) is 0 Å². The van der Waals surface area contributed by atoms with Crippen LogP contribution in [0.5, 0.6) is 5.75 Å². The van der Waals surface area contributed by atoms with E-state index in [1.54, 1.807) is 6.21 Å². The summed E-state index contributed by atoms with van der Waals surface area (Å²) in [4.78, 5) is 4.63. The molecule has 0 saturated heterocycles. The first kappa shape index (κ1) is 19.8. The number of fused-ring (bicyclic) bond motifs is 2. The maximum absolute atomic E-state index is 6.08. The van der Waals surface area contributed by atoms with Gasteiger partial charge in [-0.15, -0.1) is 0 Å². The van der Waals surface area contributed by atoms with Gasteiger partial charge in [0.1, 0.15) is 12.4 Å². The number of nitrogens with one attached hydrogen (secondary N) is 1. The van der Waals surface area contributed by atoms with E-state index in [1.807, 2.05) is 42.5 Å². The minimum atomic E-state index is 0.515. The fourth-order valence-electron chi connectivity index (χ4n) is 3.91. The number of benzene rings is 4. The third kappa shape index (κ3) is 4.05. The van der Waals surface area contributed by atoms with Crippen molar-refractivity contribution in [1.82, 2.24) is 9.55 Å². The maximum Gasteiger partial charge on any atom is 0.224 e. The second-order valence-corrected chi connectivity index (χ2v) is 7.54. The molecule has 5 rings (SSSR count). The Morgan fingerprint density at radius 1 is 0.938 bits per heavy atom. The predicted octanol–water partition coefficient (Wildman–Crippen LogP) is 6.23. The van der Waals surface area contributed by atoms with E-state index in [0.717, 1.165) is 34.8 Å². The van der Waals surface area contributed by atoms with Crippen molar-refractivity contribution in [3.63, 3.8) is 0 Å². The molecule has 0 amide bonds. The van der Waals surface area contributed by atoms with Crippen LogP contribution in [0, 0.1) is 0 Å². The lowest BCUT2D eigenvalue weighted by Gasteiger charge is -2.09. The molecule has 0 aliphatic rings. The Kier molecular flexibility index (Phi) is 5.54. The minimum absolute atomic E-state index is 0.515. The van der Waals surface area contributed by atoms with E-state index in [0.29, 0.717) is 6.61 Å². The number of para-hydroxylation sites is 2. The molecule has 1 heterocycles. The summed E-state index contributed by atoms with van der Waals surface area (Å²) in [5.74, 6) is 1.54. The molecule has 0 atom stereocenters. The number of hydrogen-bond donors (Lipinski definition) is 1. The molecule has 1 aromatic heterocycles. The van der Waals surface area contributed by atoms with Crippen molar-refractivity contribution in [3.05, 3.63) is 102 Å². The summed E-state index contributed by atoms with van der Waals surface area (Å²) in [6.45, 7) is 3.43. The van der Waals surface area contributed by atoms with Crippen LogP contribution in [0.2, 0.25) is 0 Å². The van der Waals surface area contributed by atoms with E-state index in [4.69, 9.17) is 4.74 Å². The molecule has 0 spiro atoms. The van der Waals surface area contributed by atoms with Crippen LogP contribution in [0.4, 0.5) is 5.95 Å². The largest absolute Gasteiger partial charge is 0.489 e. The molecule has 5 nitrogen and oxygen atoms in total. The van der Waals surface area contributed by atoms with Crippen molar-refractivity contribution in [3.8, 4) is 5.75 Å². The van der Waals surface area contributed by atoms with Crippen molar-refractivity contribution in [1.29, 1.82) is 0 Å². The topological polar surface area (TPSA) is 51.4 Å². The lowest BCUT2D eigenvalue weighted by molar-refractivity contribution is 0.307. The monoisotopic (exact) mass is 420 g/mol. The highest BCUT2D eigenvalue weighted by molar-refractivity contribution is 5.85. The molecule has 5 aromatic rings. The zero-order valence-corrected chi connectivity index (χ0v) is 17.9. The van der Waals surface area contributed by atoms with Crippen LogP contribution in [0.3, 0.4) is 0 Å². The van der Waals surface area contributed by atoms with Crippen LogP contribution in [0.15, 0.2) is 96.1 Å². The quantitative estimate of drug-likeness (QED) is 0.251. The van der Waals surface area contributed by atoms with Crippen molar-refractivity contribution in [2.45, 2.75) is 20.1 Å². The third-order valence-corrected chi connectivity index (χ3v) is 5.48. The summed E-state index contributed by atoms with van der Waals surface area (Å²) in [6.07, 6.45) is 1.78. The number of hydrogen-bond acceptors (Lipinski definition) is 4. The second-order valence-electron chi connectivity index (χ2n) is 7.54. The van der Waals surface area contributed by atoms with Gasteiger partial charge in [-0.2, -0.15) is 5.10 Å². The molecule has 0 saturated carbocycles. The summed E-state index contributed by atoms with van der Waals surface area (Å²) in [5, 5.41) is 6.84. The molecule has 32 heavy (non-hydrogen) atoms. The van der Waals surface area contributed by atoms with Crippen molar-refractivity contribution < 1.29 is 4.74 Å². The first-order valence-corrected chi connectivity index (χ1v) is 10.8. The number of aryl methyl sites for hydroxylation is 1. The van der Waals surface area contributed by atoms with Crippen LogP contribution >= 0.6 is 0 Å². The zero-order valence-electron chi connectivity index (χ0n) is 17.9. The lowest BCUT2D eigenvalue weighted by atomic mass is 10.1. The molecule has 0 aliphatic carbocycles. The average molecular weight is 421 g/mol. The molecule has 158 valence electrons. The molecule has 5 heteroatoms. The van der Waals surface area contributed by atoms with Crippen LogP contribution in [-0.2, 0) is 13.2 Å². The minimum Gasteiger partial charge on any atom is -0.489 e. The Labute approximate surface area is 187 Å². The second kappa shape index (κ2) is 8.94. The Balaban J connectivity index is 1.29.